The summed E-state index contributed by atoms with van der Waals surface area (Å²) in [7, 11) is 0. The molecule has 0 unspecified atom stereocenters. The van der Waals surface area contributed by atoms with Gasteiger partial charge in [-0.25, -0.2) is 0 Å². The lowest BCUT2D eigenvalue weighted by Gasteiger charge is -2.10. The van der Waals surface area contributed by atoms with Crippen LogP contribution in [0.25, 0.3) is 46.6 Å². The van der Waals surface area contributed by atoms with Crippen LogP contribution in [0.4, 0.5) is 22.7 Å². The van der Waals surface area contributed by atoms with E-state index in [9.17, 15) is 0 Å². The average Bonchev–Trinajstić information content (AvgIpc) is 3.15. The summed E-state index contributed by atoms with van der Waals surface area (Å²) in [5, 5.41) is 7.10. The zero-order chi connectivity index (χ0) is 34.1. The Morgan fingerprint density at radius 1 is 0.320 bits per heavy atom. The lowest BCUT2D eigenvalue weighted by Crippen LogP contribution is -1.91. The predicted molar refractivity (Wildman–Crippen MR) is 217 cm³/mol. The molecule has 2 N–H and O–H groups in total. The van der Waals surface area contributed by atoms with Gasteiger partial charge in [-0.15, -0.1) is 0 Å². The number of nitrogens with one attached hydrogen (secondary N) is 2. The van der Waals surface area contributed by atoms with E-state index >= 15 is 0 Å². The maximum atomic E-state index is 3.55. The molecule has 0 saturated carbocycles. The third kappa shape index (κ3) is 8.18. The highest BCUT2D eigenvalue weighted by molar-refractivity contribution is 5.77. The van der Waals surface area contributed by atoms with Crippen LogP contribution < -0.4 is 10.6 Å². The summed E-state index contributed by atoms with van der Waals surface area (Å²) in [5.74, 6) is 0. The molecule has 50 heavy (non-hydrogen) atoms. The highest BCUT2D eigenvalue weighted by Gasteiger charge is 2.04. The monoisotopic (exact) mass is 644 g/mol. The Morgan fingerprint density at radius 3 is 1.02 bits per heavy atom. The average molecular weight is 645 g/mol. The van der Waals surface area contributed by atoms with Crippen molar-refractivity contribution in [3.63, 3.8) is 0 Å². The maximum absolute atomic E-state index is 3.55. The van der Waals surface area contributed by atoms with Crippen LogP contribution in [0, 0.1) is 13.8 Å². The molecule has 0 atom stereocenters. The van der Waals surface area contributed by atoms with Gasteiger partial charge in [0.15, 0.2) is 0 Å². The fraction of sp³-hybridized carbons (Fsp3) is 0.0417. The minimum absolute atomic E-state index is 1.06. The number of aryl methyl sites for hydroxylation is 2. The molecular weight excluding hydrogens is 605 g/mol. The maximum Gasteiger partial charge on any atom is 0.0390 e. The molecule has 0 heterocycles. The van der Waals surface area contributed by atoms with Crippen LogP contribution in [0.2, 0.25) is 0 Å². The lowest BCUT2D eigenvalue weighted by atomic mass is 10.0. The van der Waals surface area contributed by atoms with E-state index in [0.29, 0.717) is 0 Å². The van der Waals surface area contributed by atoms with Gasteiger partial charge in [0.05, 0.1) is 0 Å². The molecule has 0 radical (unpaired) electrons. The van der Waals surface area contributed by atoms with Gasteiger partial charge in [0.25, 0.3) is 0 Å². The quantitative estimate of drug-likeness (QED) is 0.145. The third-order valence-corrected chi connectivity index (χ3v) is 8.91. The van der Waals surface area contributed by atoms with Crippen LogP contribution in [0.3, 0.4) is 0 Å². The van der Waals surface area contributed by atoms with Crippen molar-refractivity contribution in [1.82, 2.24) is 0 Å². The van der Waals surface area contributed by atoms with E-state index in [1.165, 1.54) is 44.5 Å². The van der Waals surface area contributed by atoms with Crippen molar-refractivity contribution in [3.05, 3.63) is 203 Å². The third-order valence-electron chi connectivity index (χ3n) is 8.91. The van der Waals surface area contributed by atoms with Crippen molar-refractivity contribution < 1.29 is 0 Å². The Bertz CT molecular complexity index is 2090. The van der Waals surface area contributed by atoms with E-state index in [4.69, 9.17) is 0 Å². The molecule has 2 heteroatoms. The summed E-state index contributed by atoms with van der Waals surface area (Å²) < 4.78 is 0. The minimum atomic E-state index is 1.06. The van der Waals surface area contributed by atoms with Gasteiger partial charge in [-0.05, 0) is 118 Å². The van der Waals surface area contributed by atoms with Gasteiger partial charge in [-0.2, -0.15) is 0 Å². The number of anilines is 4. The fourth-order valence-electron chi connectivity index (χ4n) is 6.11. The molecule has 0 aliphatic rings. The summed E-state index contributed by atoms with van der Waals surface area (Å²) in [4.78, 5) is 0. The first kappa shape index (κ1) is 32.2. The minimum Gasteiger partial charge on any atom is -0.356 e. The Morgan fingerprint density at radius 2 is 0.660 bits per heavy atom. The van der Waals surface area contributed by atoms with Crippen LogP contribution >= 0.6 is 0 Å². The Hall–Kier alpha value is -6.38. The zero-order valence-corrected chi connectivity index (χ0v) is 28.5. The van der Waals surface area contributed by atoms with E-state index in [1.54, 1.807) is 0 Å². The first-order valence-corrected chi connectivity index (χ1v) is 17.1. The van der Waals surface area contributed by atoms with Crippen LogP contribution in [0.1, 0.15) is 33.4 Å². The topological polar surface area (TPSA) is 24.1 Å². The van der Waals surface area contributed by atoms with Crippen LogP contribution in [-0.2, 0) is 0 Å². The van der Waals surface area contributed by atoms with Crippen LogP contribution in [-0.4, -0.2) is 0 Å². The van der Waals surface area contributed by atoms with E-state index in [2.05, 4.69) is 219 Å². The van der Waals surface area contributed by atoms with Crippen LogP contribution in [0.5, 0.6) is 0 Å². The smallest absolute Gasteiger partial charge is 0.0390 e. The van der Waals surface area contributed by atoms with Crippen molar-refractivity contribution in [2.24, 2.45) is 0 Å². The standard InChI is InChI=1S/C48H40N2/c1-35-9-3-5-15-47(35)41-11-7-13-45(33-41)49-43-29-25-39(26-30-43)23-21-37-17-19-38(20-18-37)22-24-40-27-31-44(32-28-40)50-46-14-8-12-42(34-46)48-16-6-4-10-36(48)2/h3-34,49-50H,1-2H3/b23-21+,24-22+. The van der Waals surface area contributed by atoms with Gasteiger partial charge >= 0.3 is 0 Å². The second-order valence-electron chi connectivity index (χ2n) is 12.6. The molecule has 0 aliphatic heterocycles. The molecule has 0 amide bonds. The van der Waals surface area contributed by atoms with Crippen molar-refractivity contribution in [2.45, 2.75) is 13.8 Å². The van der Waals surface area contributed by atoms with E-state index in [0.717, 1.165) is 33.9 Å². The first-order valence-electron chi connectivity index (χ1n) is 17.1. The summed E-state index contributed by atoms with van der Waals surface area (Å²) in [6.07, 6.45) is 8.62. The SMILES string of the molecule is Cc1ccccc1-c1cccc(Nc2ccc(/C=C/c3ccc(/C=C/c4ccc(Nc5cccc(-c6ccccc6C)c5)cc4)cc3)cc2)c1. The second-order valence-corrected chi connectivity index (χ2v) is 12.6. The molecule has 0 aromatic heterocycles. The number of benzene rings is 7. The zero-order valence-electron chi connectivity index (χ0n) is 28.5. The molecule has 7 rings (SSSR count). The van der Waals surface area contributed by atoms with Crippen molar-refractivity contribution in [2.75, 3.05) is 10.6 Å². The van der Waals surface area contributed by atoms with Crippen LogP contribution in [0.15, 0.2) is 170 Å². The number of rotatable bonds is 10. The molecular formula is C48H40N2. The lowest BCUT2D eigenvalue weighted by molar-refractivity contribution is 1.45. The summed E-state index contributed by atoms with van der Waals surface area (Å²) in [6.45, 7) is 4.31. The fourth-order valence-corrected chi connectivity index (χ4v) is 6.11. The van der Waals surface area contributed by atoms with Crippen molar-refractivity contribution >= 4 is 47.1 Å². The molecule has 0 bridgehead atoms. The second kappa shape index (κ2) is 15.2. The van der Waals surface area contributed by atoms with Gasteiger partial charge in [0.2, 0.25) is 0 Å². The van der Waals surface area contributed by atoms with E-state index < -0.39 is 0 Å². The normalized spacial score (nSPS) is 11.2. The Balaban J connectivity index is 0.924. The highest BCUT2D eigenvalue weighted by atomic mass is 14.9. The van der Waals surface area contributed by atoms with Gasteiger partial charge in [-0.3, -0.25) is 0 Å². The predicted octanol–water partition coefficient (Wildman–Crippen LogP) is 13.5. The molecule has 7 aromatic carbocycles. The van der Waals surface area contributed by atoms with Crippen molar-refractivity contribution in [3.8, 4) is 22.3 Å². The van der Waals surface area contributed by atoms with Gasteiger partial charge < -0.3 is 10.6 Å². The molecule has 0 saturated heterocycles. The Labute approximate surface area is 296 Å². The summed E-state index contributed by atoms with van der Waals surface area (Å²) >= 11 is 0. The first-order chi connectivity index (χ1) is 24.6. The molecule has 0 aliphatic carbocycles. The van der Waals surface area contributed by atoms with Gasteiger partial charge in [0, 0.05) is 22.7 Å². The summed E-state index contributed by atoms with van der Waals surface area (Å²) in [6, 6.07) is 59.9. The van der Waals surface area contributed by atoms with Gasteiger partial charge in [-0.1, -0.05) is 146 Å². The molecule has 0 fully saturated rings. The molecule has 242 valence electrons. The largest absolute Gasteiger partial charge is 0.356 e. The highest BCUT2D eigenvalue weighted by Crippen LogP contribution is 2.29. The Kier molecular flexibility index (Phi) is 9.80. The molecule has 0 spiro atoms. The van der Waals surface area contributed by atoms with E-state index in [1.807, 2.05) is 0 Å². The van der Waals surface area contributed by atoms with Crippen molar-refractivity contribution in [1.29, 1.82) is 0 Å². The number of hydrogen-bond acceptors (Lipinski definition) is 2. The molecule has 2 nitrogen and oxygen atoms in total. The number of hydrogen-bond donors (Lipinski definition) is 2. The summed E-state index contributed by atoms with van der Waals surface area (Å²) in [5.41, 5.74) is 16.4. The molecule has 7 aromatic rings. The van der Waals surface area contributed by atoms with Gasteiger partial charge in [0.1, 0.15) is 0 Å². The van der Waals surface area contributed by atoms with E-state index in [-0.39, 0.29) is 0 Å².